The number of hydrogen-bond donors (Lipinski definition) is 1. The number of nitrogens with zero attached hydrogens (tertiary/aromatic N) is 3. The van der Waals surface area contributed by atoms with Crippen molar-refractivity contribution in [3.63, 3.8) is 0 Å². The molecule has 1 heterocycles. The maximum absolute atomic E-state index is 10.8. The van der Waals surface area contributed by atoms with E-state index in [1.807, 2.05) is 6.07 Å². The van der Waals surface area contributed by atoms with Gasteiger partial charge >= 0.3 is 0 Å². The van der Waals surface area contributed by atoms with Crippen molar-refractivity contribution in [3.8, 4) is 0 Å². The molecular weight excluding hydrogens is 350 g/mol. The molecule has 2 rings (SSSR count). The summed E-state index contributed by atoms with van der Waals surface area (Å²) in [7, 11) is 0. The van der Waals surface area contributed by atoms with E-state index >= 15 is 0 Å². The van der Waals surface area contributed by atoms with Gasteiger partial charge < -0.3 is 10.1 Å². The molecule has 0 aliphatic carbocycles. The van der Waals surface area contributed by atoms with Crippen LogP contribution in [0.2, 0.25) is 0 Å². The Morgan fingerprint density at radius 3 is 3.00 bits per heavy atom. The molecule has 0 saturated carbocycles. The number of rotatable bonds is 7. The second-order valence-electron chi connectivity index (χ2n) is 5.56. The first-order chi connectivity index (χ1) is 10.6. The molecule has 1 aliphatic heterocycles. The topological polar surface area (TPSA) is 79.0 Å². The first kappa shape index (κ1) is 16.7. The van der Waals surface area contributed by atoms with E-state index < -0.39 is 6.04 Å². The van der Waals surface area contributed by atoms with Crippen molar-refractivity contribution in [1.29, 1.82) is 0 Å². The number of anilines is 1. The quantitative estimate of drug-likeness (QED) is 0.263. The van der Waals surface area contributed by atoms with Gasteiger partial charge in [0.2, 0.25) is 6.04 Å². The van der Waals surface area contributed by atoms with E-state index in [1.165, 1.54) is 11.8 Å². The van der Waals surface area contributed by atoms with Crippen molar-refractivity contribution >= 4 is 27.8 Å². The molecule has 1 aromatic carbocycles. The average molecular weight is 370 g/mol. The molecule has 1 aromatic rings. The van der Waals surface area contributed by atoms with E-state index in [2.05, 4.69) is 32.1 Å². The zero-order valence-electron chi connectivity index (χ0n) is 12.5. The molecule has 1 atom stereocenters. The molecule has 1 aliphatic rings. The SMILES string of the molecule is CC(Cc1cc(C=NO)c2c(c1)CCN2CCCBr)[N+](=O)[O-]. The van der Waals surface area contributed by atoms with E-state index in [1.54, 1.807) is 6.92 Å². The van der Waals surface area contributed by atoms with Crippen molar-refractivity contribution < 1.29 is 10.1 Å². The molecule has 22 heavy (non-hydrogen) atoms. The average Bonchev–Trinajstić information content (AvgIpc) is 2.88. The van der Waals surface area contributed by atoms with Gasteiger partial charge in [0, 0.05) is 47.9 Å². The summed E-state index contributed by atoms with van der Waals surface area (Å²) >= 11 is 3.44. The predicted molar refractivity (Wildman–Crippen MR) is 90.3 cm³/mol. The van der Waals surface area contributed by atoms with Gasteiger partial charge in [-0.15, -0.1) is 0 Å². The molecule has 6 nitrogen and oxygen atoms in total. The molecule has 0 spiro atoms. The fourth-order valence-electron chi connectivity index (χ4n) is 2.90. The summed E-state index contributed by atoms with van der Waals surface area (Å²) in [6.45, 7) is 3.48. The van der Waals surface area contributed by atoms with Gasteiger partial charge in [-0.1, -0.05) is 27.2 Å². The minimum atomic E-state index is -0.622. The summed E-state index contributed by atoms with van der Waals surface area (Å²) in [6, 6.07) is 3.33. The molecule has 0 fully saturated rings. The van der Waals surface area contributed by atoms with Crippen molar-refractivity contribution in [3.05, 3.63) is 38.9 Å². The van der Waals surface area contributed by atoms with Gasteiger partial charge in [-0.3, -0.25) is 10.1 Å². The van der Waals surface area contributed by atoms with Crippen molar-refractivity contribution in [1.82, 2.24) is 0 Å². The Morgan fingerprint density at radius 1 is 1.59 bits per heavy atom. The number of benzene rings is 1. The summed E-state index contributed by atoms with van der Waals surface area (Å²) in [4.78, 5) is 12.9. The second kappa shape index (κ2) is 7.58. The van der Waals surface area contributed by atoms with Gasteiger partial charge in [-0.05, 0) is 30.0 Å². The molecule has 1 unspecified atom stereocenters. The summed E-state index contributed by atoms with van der Waals surface area (Å²) < 4.78 is 0. The summed E-state index contributed by atoms with van der Waals surface area (Å²) in [5.74, 6) is 0. The molecule has 0 amide bonds. The van der Waals surface area contributed by atoms with Crippen molar-refractivity contribution in [2.24, 2.45) is 5.16 Å². The van der Waals surface area contributed by atoms with Crippen LogP contribution in [-0.4, -0.2) is 40.8 Å². The summed E-state index contributed by atoms with van der Waals surface area (Å²) in [5.41, 5.74) is 4.02. The van der Waals surface area contributed by atoms with Crippen LogP contribution < -0.4 is 4.90 Å². The Morgan fingerprint density at radius 2 is 2.36 bits per heavy atom. The lowest BCUT2D eigenvalue weighted by atomic mass is 9.99. The van der Waals surface area contributed by atoms with Crippen molar-refractivity contribution in [2.75, 3.05) is 23.3 Å². The third kappa shape index (κ3) is 3.76. The number of nitro groups is 1. The molecular formula is C15H20BrN3O3. The van der Waals surface area contributed by atoms with E-state index in [9.17, 15) is 10.1 Å². The molecule has 0 saturated heterocycles. The number of oxime groups is 1. The van der Waals surface area contributed by atoms with Crippen LogP contribution in [0.1, 0.15) is 30.0 Å². The molecule has 120 valence electrons. The molecule has 0 bridgehead atoms. The van der Waals surface area contributed by atoms with Gasteiger partial charge in [-0.25, -0.2) is 0 Å². The van der Waals surface area contributed by atoms with Crippen LogP contribution in [0, 0.1) is 10.1 Å². The van der Waals surface area contributed by atoms with Crippen LogP contribution in [0.3, 0.4) is 0 Å². The summed E-state index contributed by atoms with van der Waals surface area (Å²) in [6.07, 6.45) is 3.76. The van der Waals surface area contributed by atoms with Gasteiger partial charge in [0.15, 0.2) is 0 Å². The second-order valence-corrected chi connectivity index (χ2v) is 6.35. The van der Waals surface area contributed by atoms with Gasteiger partial charge in [-0.2, -0.15) is 0 Å². The molecule has 1 N–H and O–H groups in total. The normalized spacial score (nSPS) is 15.3. The maximum Gasteiger partial charge on any atom is 0.214 e. The Bertz CT molecular complexity index is 577. The van der Waals surface area contributed by atoms with E-state index in [0.29, 0.717) is 6.42 Å². The van der Waals surface area contributed by atoms with Crippen LogP contribution >= 0.6 is 15.9 Å². The van der Waals surface area contributed by atoms with Crippen LogP contribution in [0.25, 0.3) is 0 Å². The lowest BCUT2D eigenvalue weighted by Crippen LogP contribution is -2.23. The lowest BCUT2D eigenvalue weighted by Gasteiger charge is -2.21. The number of halogens is 1. The highest BCUT2D eigenvalue weighted by Crippen LogP contribution is 2.33. The van der Waals surface area contributed by atoms with E-state index in [0.717, 1.165) is 48.1 Å². The highest BCUT2D eigenvalue weighted by molar-refractivity contribution is 9.09. The minimum Gasteiger partial charge on any atom is -0.411 e. The van der Waals surface area contributed by atoms with Crippen LogP contribution in [-0.2, 0) is 12.8 Å². The Hall–Kier alpha value is -1.63. The van der Waals surface area contributed by atoms with Crippen LogP contribution in [0.15, 0.2) is 17.3 Å². The molecule has 0 radical (unpaired) electrons. The van der Waals surface area contributed by atoms with Gasteiger partial charge in [0.25, 0.3) is 0 Å². The Kier molecular flexibility index (Phi) is 5.76. The van der Waals surface area contributed by atoms with Crippen molar-refractivity contribution in [2.45, 2.75) is 32.2 Å². The first-order valence-corrected chi connectivity index (χ1v) is 8.46. The molecule has 0 aromatic heterocycles. The number of alkyl halides is 1. The zero-order valence-corrected chi connectivity index (χ0v) is 14.1. The smallest absolute Gasteiger partial charge is 0.214 e. The minimum absolute atomic E-state index is 0.269. The van der Waals surface area contributed by atoms with Gasteiger partial charge in [0.05, 0.1) is 6.21 Å². The number of hydrogen-bond acceptors (Lipinski definition) is 5. The number of fused-ring (bicyclic) bond motifs is 1. The van der Waals surface area contributed by atoms with E-state index in [4.69, 9.17) is 5.21 Å². The van der Waals surface area contributed by atoms with Crippen LogP contribution in [0.4, 0.5) is 5.69 Å². The van der Waals surface area contributed by atoms with E-state index in [-0.39, 0.29) is 4.92 Å². The lowest BCUT2D eigenvalue weighted by molar-refractivity contribution is -0.517. The largest absolute Gasteiger partial charge is 0.411 e. The highest BCUT2D eigenvalue weighted by Gasteiger charge is 2.24. The zero-order chi connectivity index (χ0) is 16.1. The van der Waals surface area contributed by atoms with Gasteiger partial charge in [0.1, 0.15) is 0 Å². The fraction of sp³-hybridized carbons (Fsp3) is 0.533. The summed E-state index contributed by atoms with van der Waals surface area (Å²) in [5, 5.41) is 23.9. The molecule has 7 heteroatoms. The highest BCUT2D eigenvalue weighted by atomic mass is 79.9. The monoisotopic (exact) mass is 369 g/mol. The van der Waals surface area contributed by atoms with Crippen LogP contribution in [0.5, 0.6) is 0 Å². The third-order valence-electron chi connectivity index (χ3n) is 3.89. The first-order valence-electron chi connectivity index (χ1n) is 7.34. The predicted octanol–water partition coefficient (Wildman–Crippen LogP) is 2.85. The standard InChI is InChI=1S/C15H20BrN3O3/c1-11(19(21)22)7-12-8-13-3-6-18(5-2-4-16)15(13)14(9-12)10-17-20/h8-11,20H,2-7H2,1H3. The third-order valence-corrected chi connectivity index (χ3v) is 4.46. The Labute approximate surface area is 138 Å². The fourth-order valence-corrected chi connectivity index (χ4v) is 3.15. The maximum atomic E-state index is 10.8. The Balaban J connectivity index is 2.32.